The second kappa shape index (κ2) is 15.8. The number of piperidine rings is 2. The minimum absolute atomic E-state index is 0.0110. The van der Waals surface area contributed by atoms with E-state index >= 15 is 0 Å². The van der Waals surface area contributed by atoms with Gasteiger partial charge in [-0.25, -0.2) is 0 Å². The molecule has 9 atom stereocenters. The molecule has 5 aliphatic rings. The number of amides is 2. The van der Waals surface area contributed by atoms with Gasteiger partial charge in [0.2, 0.25) is 11.8 Å². The maximum absolute atomic E-state index is 14.3. The van der Waals surface area contributed by atoms with Gasteiger partial charge in [0, 0.05) is 43.2 Å². The molecule has 3 aliphatic carbocycles. The lowest BCUT2D eigenvalue weighted by molar-refractivity contribution is -0.138. The monoisotopic (exact) mass is 628 g/mol. The molecule has 45 heavy (non-hydrogen) atoms. The highest BCUT2D eigenvalue weighted by molar-refractivity contribution is 5.83. The highest BCUT2D eigenvalue weighted by atomic mass is 16.2. The third-order valence-electron chi connectivity index (χ3n) is 14.0. The first-order valence-corrected chi connectivity index (χ1v) is 19.3. The fraction of sp³-hybridized carbons (Fsp3) is 0.947. The van der Waals surface area contributed by atoms with Crippen LogP contribution < -0.4 is 16.0 Å². The molecule has 0 aromatic rings. The SMILES string of the molecule is CC1C(C(=O)NCC2C(=O)NC(C)C3(CCCCCCCC3)C2C)CC(C2CCC(CN(C)C)NC2)CC1N(C)C1CCCC1. The van der Waals surface area contributed by atoms with Crippen LogP contribution in [0.2, 0.25) is 0 Å². The van der Waals surface area contributed by atoms with Gasteiger partial charge in [-0.2, -0.15) is 0 Å². The Balaban J connectivity index is 1.27. The summed E-state index contributed by atoms with van der Waals surface area (Å²) < 4.78 is 0. The van der Waals surface area contributed by atoms with E-state index in [1.165, 1.54) is 96.3 Å². The molecule has 5 fully saturated rings. The lowest BCUT2D eigenvalue weighted by atomic mass is 9.59. The summed E-state index contributed by atoms with van der Waals surface area (Å²) in [6.45, 7) is 9.58. The van der Waals surface area contributed by atoms with E-state index in [1.807, 2.05) is 0 Å². The summed E-state index contributed by atoms with van der Waals surface area (Å²) in [5.74, 6) is 2.02. The second-order valence-electron chi connectivity index (χ2n) is 16.8. The van der Waals surface area contributed by atoms with Gasteiger partial charge in [0.1, 0.15) is 0 Å². The molecule has 3 N–H and O–H groups in total. The standard InChI is InChI=1S/C38H69N5O2/c1-26-33(36(44)40-24-34-27(2)38(28(3)41-37(34)45)19-13-9-7-8-10-14-20-38)21-30(22-35(26)43(6)32-15-11-12-16-32)29-17-18-31(39-23-29)25-42(4)5/h26-35,39H,7-25H2,1-6H3,(H,40,44)(H,41,45). The molecule has 5 rings (SSSR count). The predicted molar refractivity (Wildman–Crippen MR) is 185 cm³/mol. The molecule has 2 amide bonds. The minimum Gasteiger partial charge on any atom is -0.355 e. The van der Waals surface area contributed by atoms with E-state index < -0.39 is 0 Å². The predicted octanol–water partition coefficient (Wildman–Crippen LogP) is 5.83. The molecular weight excluding hydrogens is 558 g/mol. The molecule has 7 heteroatoms. The van der Waals surface area contributed by atoms with E-state index in [2.05, 4.69) is 67.7 Å². The molecule has 2 aliphatic heterocycles. The summed E-state index contributed by atoms with van der Waals surface area (Å²) in [5.41, 5.74) is 0.143. The first-order valence-electron chi connectivity index (χ1n) is 19.3. The average Bonchev–Trinajstić information content (AvgIpc) is 3.59. The van der Waals surface area contributed by atoms with Crippen molar-refractivity contribution in [2.75, 3.05) is 40.8 Å². The van der Waals surface area contributed by atoms with Gasteiger partial charge < -0.3 is 25.8 Å². The van der Waals surface area contributed by atoms with Crippen LogP contribution >= 0.6 is 0 Å². The first-order chi connectivity index (χ1) is 21.6. The number of nitrogens with zero attached hydrogens (tertiary/aromatic N) is 2. The molecular formula is C38H69N5O2. The Kier molecular flexibility index (Phi) is 12.3. The van der Waals surface area contributed by atoms with Gasteiger partial charge in [0.05, 0.1) is 5.92 Å². The molecule has 0 bridgehead atoms. The maximum atomic E-state index is 14.3. The van der Waals surface area contributed by atoms with E-state index in [9.17, 15) is 9.59 Å². The van der Waals surface area contributed by atoms with Crippen LogP contribution in [0.1, 0.15) is 124 Å². The normalized spacial score (nSPS) is 38.5. The Hall–Kier alpha value is -1.18. The van der Waals surface area contributed by atoms with E-state index in [-0.39, 0.29) is 41.0 Å². The quantitative estimate of drug-likeness (QED) is 0.316. The van der Waals surface area contributed by atoms with Crippen molar-refractivity contribution < 1.29 is 9.59 Å². The van der Waals surface area contributed by atoms with Crippen LogP contribution in [0.4, 0.5) is 0 Å². The summed E-state index contributed by atoms with van der Waals surface area (Å²) in [6, 6.07) is 1.89. The molecule has 9 unspecified atom stereocenters. The Morgan fingerprint density at radius 1 is 0.867 bits per heavy atom. The van der Waals surface area contributed by atoms with Crippen molar-refractivity contribution in [2.24, 2.45) is 40.9 Å². The lowest BCUT2D eigenvalue weighted by Crippen LogP contribution is -2.61. The van der Waals surface area contributed by atoms with Gasteiger partial charge >= 0.3 is 0 Å². The van der Waals surface area contributed by atoms with E-state index in [1.54, 1.807) is 0 Å². The molecule has 0 radical (unpaired) electrons. The Morgan fingerprint density at radius 3 is 2.16 bits per heavy atom. The fourth-order valence-corrected chi connectivity index (χ4v) is 10.9. The largest absolute Gasteiger partial charge is 0.355 e. The van der Waals surface area contributed by atoms with Crippen LogP contribution in [0, 0.1) is 40.9 Å². The van der Waals surface area contributed by atoms with Crippen LogP contribution in [-0.4, -0.2) is 86.6 Å². The highest BCUT2D eigenvalue weighted by Crippen LogP contribution is 2.49. The summed E-state index contributed by atoms with van der Waals surface area (Å²) in [7, 11) is 6.69. The van der Waals surface area contributed by atoms with Gasteiger partial charge in [-0.1, -0.05) is 65.2 Å². The van der Waals surface area contributed by atoms with Crippen molar-refractivity contribution in [1.29, 1.82) is 0 Å². The highest BCUT2D eigenvalue weighted by Gasteiger charge is 2.51. The first kappa shape index (κ1) is 35.1. The number of carbonyl (C=O) groups is 2. The number of hydrogen-bond acceptors (Lipinski definition) is 5. The van der Waals surface area contributed by atoms with Gasteiger partial charge in [0.25, 0.3) is 0 Å². The summed E-state index contributed by atoms with van der Waals surface area (Å²) in [6.07, 6.45) is 20.2. The van der Waals surface area contributed by atoms with Crippen molar-refractivity contribution in [1.82, 2.24) is 25.8 Å². The van der Waals surface area contributed by atoms with Crippen molar-refractivity contribution in [3.05, 3.63) is 0 Å². The molecule has 0 aromatic carbocycles. The zero-order chi connectivity index (χ0) is 32.1. The minimum atomic E-state index is -0.145. The lowest BCUT2D eigenvalue weighted by Gasteiger charge is -2.51. The van der Waals surface area contributed by atoms with Crippen molar-refractivity contribution in [3.8, 4) is 0 Å². The Bertz CT molecular complexity index is 948. The van der Waals surface area contributed by atoms with Crippen LogP contribution in [0.5, 0.6) is 0 Å². The van der Waals surface area contributed by atoms with Crippen molar-refractivity contribution in [3.63, 3.8) is 0 Å². The number of carbonyl (C=O) groups excluding carboxylic acids is 2. The fourth-order valence-electron chi connectivity index (χ4n) is 10.9. The average molecular weight is 628 g/mol. The number of likely N-dealkylation sites (N-methyl/N-ethyl adjacent to an activating group) is 1. The number of nitrogens with one attached hydrogen (secondary N) is 3. The van der Waals surface area contributed by atoms with Crippen LogP contribution in [0.15, 0.2) is 0 Å². The second-order valence-corrected chi connectivity index (χ2v) is 16.8. The molecule has 1 spiro atoms. The zero-order valence-corrected chi connectivity index (χ0v) is 29.9. The van der Waals surface area contributed by atoms with Crippen molar-refractivity contribution >= 4 is 11.8 Å². The Labute approximate surface area is 276 Å². The van der Waals surface area contributed by atoms with Gasteiger partial charge in [-0.15, -0.1) is 0 Å². The number of hydrogen-bond donors (Lipinski definition) is 3. The van der Waals surface area contributed by atoms with Crippen LogP contribution in [0.25, 0.3) is 0 Å². The molecule has 2 saturated heterocycles. The Morgan fingerprint density at radius 2 is 1.53 bits per heavy atom. The topological polar surface area (TPSA) is 76.7 Å². The van der Waals surface area contributed by atoms with Crippen LogP contribution in [-0.2, 0) is 9.59 Å². The third kappa shape index (κ3) is 8.11. The summed E-state index contributed by atoms with van der Waals surface area (Å²) >= 11 is 0. The smallest absolute Gasteiger partial charge is 0.225 e. The van der Waals surface area contributed by atoms with Crippen molar-refractivity contribution in [2.45, 2.75) is 148 Å². The molecule has 258 valence electrons. The zero-order valence-electron chi connectivity index (χ0n) is 29.9. The van der Waals surface area contributed by atoms with Gasteiger partial charge in [0.15, 0.2) is 0 Å². The number of rotatable bonds is 8. The molecule has 7 nitrogen and oxygen atoms in total. The maximum Gasteiger partial charge on any atom is 0.225 e. The molecule has 2 heterocycles. The molecule has 3 saturated carbocycles. The van der Waals surface area contributed by atoms with Gasteiger partial charge in [-0.05, 0) is 115 Å². The van der Waals surface area contributed by atoms with E-state index in [0.29, 0.717) is 42.4 Å². The van der Waals surface area contributed by atoms with E-state index in [0.717, 1.165) is 19.5 Å². The third-order valence-corrected chi connectivity index (χ3v) is 14.0. The van der Waals surface area contributed by atoms with E-state index in [4.69, 9.17) is 0 Å². The summed E-state index contributed by atoms with van der Waals surface area (Å²) in [4.78, 5) is 32.7. The van der Waals surface area contributed by atoms with Gasteiger partial charge in [-0.3, -0.25) is 9.59 Å². The van der Waals surface area contributed by atoms with Crippen LogP contribution in [0.3, 0.4) is 0 Å². The molecule has 0 aromatic heterocycles. The summed E-state index contributed by atoms with van der Waals surface area (Å²) in [5, 5.41) is 10.7.